The third-order valence-corrected chi connectivity index (χ3v) is 8.54. The number of pyridine rings is 2. The van der Waals surface area contributed by atoms with Gasteiger partial charge in [-0.25, -0.2) is 18.7 Å². The Balaban J connectivity index is 1.52. The van der Waals surface area contributed by atoms with E-state index >= 15 is 4.39 Å². The van der Waals surface area contributed by atoms with E-state index in [4.69, 9.17) is 10.5 Å². The number of nitrogens with one attached hydrogen (secondary N) is 2. The van der Waals surface area contributed by atoms with Crippen LogP contribution in [0.25, 0.3) is 22.0 Å². The van der Waals surface area contributed by atoms with Gasteiger partial charge in [0.1, 0.15) is 17.6 Å². The largest absolute Gasteiger partial charge is 0.573 e. The van der Waals surface area contributed by atoms with Crippen LogP contribution < -0.4 is 25.8 Å². The van der Waals surface area contributed by atoms with Gasteiger partial charge in [-0.1, -0.05) is 13.3 Å². The van der Waals surface area contributed by atoms with Gasteiger partial charge in [0.2, 0.25) is 11.8 Å². The Hall–Kier alpha value is -3.98. The summed E-state index contributed by atoms with van der Waals surface area (Å²) in [6, 6.07) is 0.700. The van der Waals surface area contributed by atoms with Crippen molar-refractivity contribution in [2.24, 2.45) is 0 Å². The van der Waals surface area contributed by atoms with Gasteiger partial charge in [-0.05, 0) is 45.9 Å². The zero-order valence-electron chi connectivity index (χ0n) is 26.3. The molecule has 1 aromatic carbocycles. The number of nitrogens with two attached hydrogens (primary N) is 1. The minimum absolute atomic E-state index is 0.00861. The number of likely N-dealkylation sites (N-methyl/N-ethyl adjacent to an activating group) is 1. The predicted octanol–water partition coefficient (Wildman–Crippen LogP) is 4.77. The zero-order chi connectivity index (χ0) is 33.5. The molecule has 5 rings (SSSR count). The van der Waals surface area contributed by atoms with Gasteiger partial charge in [-0.15, -0.1) is 13.2 Å². The van der Waals surface area contributed by atoms with E-state index < -0.39 is 53.2 Å². The molecule has 46 heavy (non-hydrogen) atoms. The first kappa shape index (κ1) is 33.4. The number of anilines is 2. The van der Waals surface area contributed by atoms with E-state index in [9.17, 15) is 22.4 Å². The van der Waals surface area contributed by atoms with Gasteiger partial charge in [-0.2, -0.15) is 0 Å². The lowest BCUT2D eigenvalue weighted by atomic mass is 10.0. The normalized spacial score (nSPS) is 19.4. The number of carbonyl (C=O) groups is 1. The standard InChI is InChI=1S/C31H38F5N7O3/c1-6-7-21(30(44)43-10-8-42(5)9-11-43)38-14-22-17(4)45-29-24-23(15(2)16(3)39-28(24)40-22)25(33)26(41-29)19-12-18(37)13-20(32)27(19)46-31(34,35)36/h12-13,17,21-22,38H,6-11,14,37H2,1-5H3,(H,39,40). The summed E-state index contributed by atoms with van der Waals surface area (Å²) >= 11 is 0. The van der Waals surface area contributed by atoms with Gasteiger partial charge >= 0.3 is 6.36 Å². The van der Waals surface area contributed by atoms with Gasteiger partial charge in [-0.3, -0.25) is 4.79 Å². The molecule has 1 saturated heterocycles. The molecule has 0 spiro atoms. The van der Waals surface area contributed by atoms with Crippen LogP contribution in [0.1, 0.15) is 37.9 Å². The van der Waals surface area contributed by atoms with Crippen LogP contribution in [-0.4, -0.2) is 90.0 Å². The third kappa shape index (κ3) is 6.75. The van der Waals surface area contributed by atoms with Crippen LogP contribution in [0.5, 0.6) is 11.6 Å². The average Bonchev–Trinajstić information content (AvgIpc) is 3.10. The molecule has 15 heteroatoms. The second-order valence-electron chi connectivity index (χ2n) is 11.9. The summed E-state index contributed by atoms with van der Waals surface area (Å²) < 4.78 is 81.3. The summed E-state index contributed by atoms with van der Waals surface area (Å²) in [6.07, 6.45) is -4.51. The fourth-order valence-corrected chi connectivity index (χ4v) is 5.87. The molecule has 2 aromatic heterocycles. The van der Waals surface area contributed by atoms with Gasteiger partial charge in [0.15, 0.2) is 17.4 Å². The molecule has 0 aliphatic carbocycles. The van der Waals surface area contributed by atoms with Crippen molar-refractivity contribution in [2.75, 3.05) is 50.8 Å². The highest BCUT2D eigenvalue weighted by Crippen LogP contribution is 2.44. The monoisotopic (exact) mass is 651 g/mol. The molecule has 0 bridgehead atoms. The summed E-state index contributed by atoms with van der Waals surface area (Å²) in [5, 5.41) is 6.88. The van der Waals surface area contributed by atoms with Crippen LogP contribution in [0.4, 0.5) is 33.5 Å². The number of halogens is 5. The third-order valence-electron chi connectivity index (χ3n) is 8.54. The fraction of sp³-hybridized carbons (Fsp3) is 0.516. The molecule has 2 aliphatic heterocycles. The quantitative estimate of drug-likeness (QED) is 0.234. The summed E-state index contributed by atoms with van der Waals surface area (Å²) in [6.45, 7) is 10.2. The topological polar surface area (TPSA) is 118 Å². The Morgan fingerprint density at radius 1 is 1.17 bits per heavy atom. The van der Waals surface area contributed by atoms with Crippen molar-refractivity contribution < 1.29 is 36.2 Å². The molecule has 1 amide bonds. The number of ether oxygens (including phenoxy) is 2. The minimum atomic E-state index is -5.27. The summed E-state index contributed by atoms with van der Waals surface area (Å²) in [5.74, 6) is -3.55. The molecule has 3 aromatic rings. The van der Waals surface area contributed by atoms with Crippen molar-refractivity contribution in [1.29, 1.82) is 0 Å². The van der Waals surface area contributed by atoms with Crippen molar-refractivity contribution in [2.45, 2.75) is 65.1 Å². The number of alkyl halides is 3. The van der Waals surface area contributed by atoms with E-state index in [1.165, 1.54) is 0 Å². The molecule has 0 saturated carbocycles. The Morgan fingerprint density at radius 3 is 2.52 bits per heavy atom. The Kier molecular flexibility index (Phi) is 9.45. The van der Waals surface area contributed by atoms with Crippen LogP contribution in [0.15, 0.2) is 12.1 Å². The van der Waals surface area contributed by atoms with Crippen molar-refractivity contribution in [1.82, 2.24) is 25.1 Å². The Morgan fingerprint density at radius 2 is 1.87 bits per heavy atom. The number of hydrogen-bond donors (Lipinski definition) is 3. The molecule has 250 valence electrons. The van der Waals surface area contributed by atoms with Crippen LogP contribution in [0.2, 0.25) is 0 Å². The van der Waals surface area contributed by atoms with Crippen LogP contribution in [-0.2, 0) is 4.79 Å². The van der Waals surface area contributed by atoms with E-state index in [2.05, 4.69) is 30.2 Å². The van der Waals surface area contributed by atoms with Crippen molar-refractivity contribution >= 4 is 28.2 Å². The first-order chi connectivity index (χ1) is 21.7. The summed E-state index contributed by atoms with van der Waals surface area (Å²) in [4.78, 5) is 26.4. The SMILES string of the molecule is CCCC(NCC1Nc2nc(C)c(C)c3c(F)c(-c4cc(N)cc(F)c4OC(F)(F)F)nc(c23)OC1C)C(=O)N1CCN(C)CC1. The Bertz CT molecular complexity index is 1630. The predicted molar refractivity (Wildman–Crippen MR) is 164 cm³/mol. The number of nitrogens with zero attached hydrogens (tertiary/aromatic N) is 4. The smallest absolute Gasteiger partial charge is 0.472 e. The number of amides is 1. The second-order valence-corrected chi connectivity index (χ2v) is 11.9. The highest BCUT2D eigenvalue weighted by atomic mass is 19.4. The number of nitrogen functional groups attached to an aromatic ring is 1. The molecule has 10 nitrogen and oxygen atoms in total. The minimum Gasteiger partial charge on any atom is -0.472 e. The molecular formula is C31H38F5N7O3. The number of aromatic nitrogens is 2. The first-order valence-corrected chi connectivity index (χ1v) is 15.2. The lowest BCUT2D eigenvalue weighted by Crippen LogP contribution is -2.55. The first-order valence-electron chi connectivity index (χ1n) is 15.2. The van der Waals surface area contributed by atoms with Crippen LogP contribution in [0, 0.1) is 25.5 Å². The van der Waals surface area contributed by atoms with Gasteiger partial charge in [0.05, 0.1) is 23.0 Å². The van der Waals surface area contributed by atoms with Crippen LogP contribution >= 0.6 is 0 Å². The maximum absolute atomic E-state index is 16.4. The molecule has 3 atom stereocenters. The molecule has 4 heterocycles. The molecule has 1 fully saturated rings. The van der Waals surface area contributed by atoms with Crippen molar-refractivity contribution in [3.05, 3.63) is 35.0 Å². The maximum atomic E-state index is 16.4. The fourth-order valence-electron chi connectivity index (χ4n) is 5.87. The zero-order valence-corrected chi connectivity index (χ0v) is 26.3. The summed E-state index contributed by atoms with van der Waals surface area (Å²) in [5.41, 5.74) is 5.08. The molecular weight excluding hydrogens is 613 g/mol. The average molecular weight is 652 g/mol. The molecule has 3 unspecified atom stereocenters. The lowest BCUT2D eigenvalue weighted by molar-refractivity contribution is -0.275. The highest BCUT2D eigenvalue weighted by Gasteiger charge is 2.37. The Labute approximate surface area is 263 Å². The van der Waals surface area contributed by atoms with Gasteiger partial charge in [0.25, 0.3) is 0 Å². The van der Waals surface area contributed by atoms with Gasteiger partial charge in [0, 0.05) is 55.6 Å². The second kappa shape index (κ2) is 13.0. The van der Waals surface area contributed by atoms with E-state index in [1.807, 2.05) is 18.9 Å². The van der Waals surface area contributed by atoms with Crippen molar-refractivity contribution in [3.63, 3.8) is 0 Å². The van der Waals surface area contributed by atoms with Crippen LogP contribution in [0.3, 0.4) is 0 Å². The number of aryl methyl sites for hydroxylation is 2. The maximum Gasteiger partial charge on any atom is 0.573 e. The van der Waals surface area contributed by atoms with Gasteiger partial charge < -0.3 is 35.6 Å². The van der Waals surface area contributed by atoms with Crippen molar-refractivity contribution in [3.8, 4) is 22.9 Å². The lowest BCUT2D eigenvalue weighted by Gasteiger charge is -2.35. The molecule has 4 N–H and O–H groups in total. The van der Waals surface area contributed by atoms with E-state index in [-0.39, 0.29) is 40.6 Å². The summed E-state index contributed by atoms with van der Waals surface area (Å²) in [7, 11) is 2.02. The number of carbonyl (C=O) groups excluding carboxylic acids is 1. The van der Waals surface area contributed by atoms with E-state index in [0.29, 0.717) is 36.8 Å². The number of piperazine rings is 1. The number of hydrogen-bond acceptors (Lipinski definition) is 9. The molecule has 0 radical (unpaired) electrons. The number of rotatable bonds is 8. The highest BCUT2D eigenvalue weighted by molar-refractivity contribution is 6.01. The van der Waals surface area contributed by atoms with E-state index in [0.717, 1.165) is 25.6 Å². The number of benzene rings is 1. The van der Waals surface area contributed by atoms with E-state index in [1.54, 1.807) is 20.8 Å². The molecule has 2 aliphatic rings.